The van der Waals surface area contributed by atoms with Gasteiger partial charge in [0.05, 0.1) is 15.4 Å². The normalized spacial score (nSPS) is 15.1. The second-order valence-electron chi connectivity index (χ2n) is 7.65. The molecule has 10 heteroatoms. The van der Waals surface area contributed by atoms with Gasteiger partial charge < -0.3 is 9.88 Å². The van der Waals surface area contributed by atoms with Gasteiger partial charge in [0.15, 0.2) is 5.16 Å². The molecule has 4 aromatic rings. The number of carbonyl (C=O) groups is 1. The van der Waals surface area contributed by atoms with E-state index < -0.39 is 16.9 Å². The molecule has 34 heavy (non-hydrogen) atoms. The van der Waals surface area contributed by atoms with Gasteiger partial charge in [-0.2, -0.15) is 0 Å². The summed E-state index contributed by atoms with van der Waals surface area (Å²) in [6.45, 7) is 0. The molecule has 0 spiro atoms. The van der Waals surface area contributed by atoms with Crippen molar-refractivity contribution in [3.05, 3.63) is 106 Å². The minimum Gasteiger partial charge on any atom is -0.360 e. The summed E-state index contributed by atoms with van der Waals surface area (Å²) in [4.78, 5) is 31.1. The Morgan fingerprint density at radius 3 is 2.59 bits per heavy atom. The minimum absolute atomic E-state index is 0.0994. The fraction of sp³-hybridized carbons (Fsp3) is 0.0833. The number of anilines is 2. The summed E-state index contributed by atoms with van der Waals surface area (Å²) in [5.41, 5.74) is 1.96. The van der Waals surface area contributed by atoms with Crippen molar-refractivity contribution in [2.24, 2.45) is 7.05 Å². The van der Waals surface area contributed by atoms with Gasteiger partial charge in [-0.25, -0.2) is 9.37 Å². The zero-order chi connectivity index (χ0) is 23.8. The standard InChI is InChI=1S/C24H18FN5O3S/c1-28-13-12-26-24(28)34-21-11-6-15(14-20(21)30(32)33)22-27-19-5-3-2-4-18(19)23(31)29(22)17-9-7-16(25)8-10-17/h2-14,22,27H,1H3. The van der Waals surface area contributed by atoms with E-state index in [1.54, 1.807) is 53.4 Å². The molecule has 0 radical (unpaired) electrons. The Balaban J connectivity index is 1.60. The van der Waals surface area contributed by atoms with Crippen LogP contribution in [0.1, 0.15) is 22.1 Å². The third kappa shape index (κ3) is 3.88. The molecule has 2 heterocycles. The zero-order valence-corrected chi connectivity index (χ0v) is 18.7. The number of imidazole rings is 1. The second kappa shape index (κ2) is 8.64. The lowest BCUT2D eigenvalue weighted by molar-refractivity contribution is -0.387. The molecular weight excluding hydrogens is 457 g/mol. The van der Waals surface area contributed by atoms with Gasteiger partial charge in [-0.1, -0.05) is 18.2 Å². The minimum atomic E-state index is -0.737. The largest absolute Gasteiger partial charge is 0.360 e. The lowest BCUT2D eigenvalue weighted by Gasteiger charge is -2.38. The van der Waals surface area contributed by atoms with E-state index in [9.17, 15) is 19.3 Å². The van der Waals surface area contributed by atoms with Gasteiger partial charge in [0.25, 0.3) is 11.6 Å². The van der Waals surface area contributed by atoms with Crippen LogP contribution in [-0.2, 0) is 7.05 Å². The van der Waals surface area contributed by atoms with Crippen LogP contribution in [0, 0.1) is 15.9 Å². The Hall–Kier alpha value is -4.18. The number of fused-ring (bicyclic) bond motifs is 1. The van der Waals surface area contributed by atoms with Crippen molar-refractivity contribution in [2.75, 3.05) is 10.2 Å². The fourth-order valence-corrected chi connectivity index (χ4v) is 4.73. The molecule has 1 atom stereocenters. The smallest absolute Gasteiger partial charge is 0.283 e. The van der Waals surface area contributed by atoms with E-state index in [0.717, 1.165) is 0 Å². The van der Waals surface area contributed by atoms with E-state index in [2.05, 4.69) is 10.3 Å². The first-order chi connectivity index (χ1) is 16.4. The molecular formula is C24H18FN5O3S. The highest BCUT2D eigenvalue weighted by molar-refractivity contribution is 7.99. The van der Waals surface area contributed by atoms with E-state index >= 15 is 0 Å². The summed E-state index contributed by atoms with van der Waals surface area (Å²) < 4.78 is 15.4. The van der Waals surface area contributed by atoms with Crippen molar-refractivity contribution >= 4 is 34.7 Å². The van der Waals surface area contributed by atoms with Crippen molar-refractivity contribution in [2.45, 2.75) is 16.2 Å². The first-order valence-corrected chi connectivity index (χ1v) is 11.1. The number of benzene rings is 3. The number of hydrogen-bond acceptors (Lipinski definition) is 6. The van der Waals surface area contributed by atoms with Gasteiger partial charge in [-0.3, -0.25) is 19.8 Å². The number of hydrogen-bond donors (Lipinski definition) is 1. The Labute approximate surface area is 198 Å². The van der Waals surface area contributed by atoms with Crippen LogP contribution < -0.4 is 10.2 Å². The van der Waals surface area contributed by atoms with Crippen molar-refractivity contribution in [1.82, 2.24) is 9.55 Å². The van der Waals surface area contributed by atoms with Crippen LogP contribution in [0.3, 0.4) is 0 Å². The highest BCUT2D eigenvalue weighted by Crippen LogP contribution is 2.40. The van der Waals surface area contributed by atoms with Gasteiger partial charge in [-0.15, -0.1) is 0 Å². The summed E-state index contributed by atoms with van der Waals surface area (Å²) in [5, 5.41) is 15.9. The molecule has 1 aliphatic rings. The third-order valence-corrected chi connectivity index (χ3v) is 6.65. The van der Waals surface area contributed by atoms with Gasteiger partial charge in [0.1, 0.15) is 12.0 Å². The zero-order valence-electron chi connectivity index (χ0n) is 17.9. The summed E-state index contributed by atoms with van der Waals surface area (Å²) in [5.74, 6) is -0.718. The molecule has 170 valence electrons. The molecule has 1 unspecified atom stereocenters. The predicted molar refractivity (Wildman–Crippen MR) is 126 cm³/mol. The van der Waals surface area contributed by atoms with Crippen LogP contribution in [0.25, 0.3) is 0 Å². The topological polar surface area (TPSA) is 93.3 Å². The SMILES string of the molecule is Cn1ccnc1Sc1ccc(C2Nc3ccccc3C(=O)N2c2ccc(F)cc2)cc1[N+](=O)[O-]. The maximum absolute atomic E-state index is 13.6. The first-order valence-electron chi connectivity index (χ1n) is 10.3. The number of aromatic nitrogens is 2. The van der Waals surface area contributed by atoms with Crippen LogP contribution in [0.4, 0.5) is 21.5 Å². The molecule has 0 saturated heterocycles. The molecule has 1 N–H and O–H groups in total. The van der Waals surface area contributed by atoms with Gasteiger partial charge in [-0.05, 0) is 54.2 Å². The number of halogens is 1. The maximum atomic E-state index is 13.6. The van der Waals surface area contributed by atoms with Crippen molar-refractivity contribution in [3.63, 3.8) is 0 Å². The predicted octanol–water partition coefficient (Wildman–Crippen LogP) is 5.39. The van der Waals surface area contributed by atoms with Gasteiger partial charge >= 0.3 is 0 Å². The molecule has 8 nitrogen and oxygen atoms in total. The first kappa shape index (κ1) is 21.7. The average molecular weight is 476 g/mol. The molecule has 1 amide bonds. The molecule has 5 rings (SSSR count). The molecule has 0 saturated carbocycles. The van der Waals surface area contributed by atoms with E-state index in [1.165, 1.54) is 47.0 Å². The Morgan fingerprint density at radius 1 is 1.12 bits per heavy atom. The molecule has 0 aliphatic carbocycles. The number of nitro groups is 1. The van der Waals surface area contributed by atoms with E-state index in [1.807, 2.05) is 7.05 Å². The van der Waals surface area contributed by atoms with Gasteiger partial charge in [0.2, 0.25) is 0 Å². The van der Waals surface area contributed by atoms with Crippen LogP contribution in [0.5, 0.6) is 0 Å². The highest BCUT2D eigenvalue weighted by atomic mass is 32.2. The molecule has 3 aromatic carbocycles. The van der Waals surface area contributed by atoms with Gasteiger partial charge in [0, 0.05) is 42.4 Å². The average Bonchev–Trinajstić information content (AvgIpc) is 3.24. The summed E-state index contributed by atoms with van der Waals surface area (Å²) in [7, 11) is 1.81. The monoisotopic (exact) mass is 475 g/mol. The van der Waals surface area contributed by atoms with Crippen molar-refractivity contribution in [3.8, 4) is 0 Å². The summed E-state index contributed by atoms with van der Waals surface area (Å²) in [6, 6.07) is 17.5. The highest BCUT2D eigenvalue weighted by Gasteiger charge is 2.35. The van der Waals surface area contributed by atoms with Crippen LogP contribution in [-0.4, -0.2) is 20.4 Å². The number of para-hydroxylation sites is 1. The quantitative estimate of drug-likeness (QED) is 0.307. The van der Waals surface area contributed by atoms with E-state index in [0.29, 0.717) is 32.6 Å². The molecule has 0 bridgehead atoms. The van der Waals surface area contributed by atoms with Crippen molar-refractivity contribution in [1.29, 1.82) is 0 Å². The summed E-state index contributed by atoms with van der Waals surface area (Å²) in [6.07, 6.45) is 2.65. The van der Waals surface area contributed by atoms with Crippen LogP contribution in [0.2, 0.25) is 0 Å². The number of aryl methyl sites for hydroxylation is 1. The van der Waals surface area contributed by atoms with Crippen LogP contribution >= 0.6 is 11.8 Å². The molecule has 0 fully saturated rings. The lowest BCUT2D eigenvalue weighted by atomic mass is 10.0. The Kier molecular flexibility index (Phi) is 5.50. The van der Waals surface area contributed by atoms with E-state index in [-0.39, 0.29) is 11.6 Å². The number of carbonyl (C=O) groups excluding carboxylic acids is 1. The number of rotatable bonds is 5. The number of nitrogens with zero attached hydrogens (tertiary/aromatic N) is 4. The van der Waals surface area contributed by atoms with E-state index in [4.69, 9.17) is 0 Å². The number of nitro benzene ring substituents is 1. The Bertz CT molecular complexity index is 1410. The maximum Gasteiger partial charge on any atom is 0.283 e. The third-order valence-electron chi connectivity index (χ3n) is 5.51. The van der Waals surface area contributed by atoms with Crippen LogP contribution in [0.15, 0.2) is 89.2 Å². The Morgan fingerprint density at radius 2 is 1.88 bits per heavy atom. The lowest BCUT2D eigenvalue weighted by Crippen LogP contribution is -2.43. The fourth-order valence-electron chi connectivity index (χ4n) is 3.84. The summed E-state index contributed by atoms with van der Waals surface area (Å²) >= 11 is 1.19. The molecule has 1 aromatic heterocycles. The number of nitrogens with one attached hydrogen (secondary N) is 1. The molecule has 1 aliphatic heterocycles. The number of amides is 1. The van der Waals surface area contributed by atoms with Crippen molar-refractivity contribution < 1.29 is 14.1 Å². The second-order valence-corrected chi connectivity index (χ2v) is 8.66.